The molecule has 0 fully saturated rings. The van der Waals surface area contributed by atoms with Crippen molar-refractivity contribution >= 4 is 11.7 Å². The maximum absolute atomic E-state index is 12.3. The van der Waals surface area contributed by atoms with Crippen molar-refractivity contribution < 1.29 is 4.79 Å². The number of nitrogens with one attached hydrogen (secondary N) is 2. The second kappa shape index (κ2) is 7.02. The van der Waals surface area contributed by atoms with Gasteiger partial charge >= 0.3 is 6.03 Å². The number of hydrogen-bond donors (Lipinski definition) is 2. The lowest BCUT2D eigenvalue weighted by atomic mass is 10.1. The van der Waals surface area contributed by atoms with Crippen LogP contribution in [0.4, 0.5) is 10.5 Å². The SMILES string of the molecule is CCc1c(NC(=O)N[C@H]2CCc3ncnn3C2)cnn1CC(C)C. The van der Waals surface area contributed by atoms with Crippen LogP contribution in [0.2, 0.25) is 0 Å². The molecule has 2 N–H and O–H groups in total. The molecule has 0 radical (unpaired) electrons. The van der Waals surface area contributed by atoms with E-state index in [9.17, 15) is 4.79 Å². The van der Waals surface area contributed by atoms with Crippen molar-refractivity contribution in [3.8, 4) is 0 Å². The van der Waals surface area contributed by atoms with Gasteiger partial charge in [-0.25, -0.2) is 14.5 Å². The van der Waals surface area contributed by atoms with Crippen LogP contribution in [0.3, 0.4) is 0 Å². The second-order valence-corrected chi connectivity index (χ2v) is 6.63. The van der Waals surface area contributed by atoms with Gasteiger partial charge in [0.25, 0.3) is 0 Å². The van der Waals surface area contributed by atoms with Gasteiger partial charge in [0, 0.05) is 13.0 Å². The number of nitrogens with zero attached hydrogens (tertiary/aromatic N) is 5. The van der Waals surface area contributed by atoms with E-state index in [1.165, 1.54) is 0 Å². The minimum atomic E-state index is -0.192. The topological polar surface area (TPSA) is 89.7 Å². The molecule has 0 spiro atoms. The molecule has 24 heavy (non-hydrogen) atoms. The fraction of sp³-hybridized carbons (Fsp3) is 0.625. The van der Waals surface area contributed by atoms with Crippen molar-refractivity contribution in [2.24, 2.45) is 5.92 Å². The third kappa shape index (κ3) is 3.58. The Hall–Kier alpha value is -2.38. The summed E-state index contributed by atoms with van der Waals surface area (Å²) in [7, 11) is 0. The van der Waals surface area contributed by atoms with Crippen LogP contribution >= 0.6 is 0 Å². The highest BCUT2D eigenvalue weighted by Gasteiger charge is 2.22. The largest absolute Gasteiger partial charge is 0.333 e. The minimum absolute atomic E-state index is 0.0648. The van der Waals surface area contributed by atoms with Gasteiger partial charge in [-0.3, -0.25) is 4.68 Å². The maximum atomic E-state index is 12.3. The van der Waals surface area contributed by atoms with E-state index in [0.717, 1.165) is 43.0 Å². The molecule has 2 aromatic rings. The molecule has 0 aromatic carbocycles. The van der Waals surface area contributed by atoms with Crippen molar-refractivity contribution in [3.63, 3.8) is 0 Å². The van der Waals surface area contributed by atoms with Crippen molar-refractivity contribution in [2.45, 2.75) is 59.2 Å². The first-order valence-electron chi connectivity index (χ1n) is 8.55. The standard InChI is InChI=1S/C16H25N7O/c1-4-14-13(7-18-22(14)8-11(2)3)21-16(24)20-12-5-6-15-17-10-19-23(15)9-12/h7,10-12H,4-6,8-9H2,1-3H3,(H2,20,21,24)/t12-/m0/s1. The zero-order valence-corrected chi connectivity index (χ0v) is 14.5. The van der Waals surface area contributed by atoms with Crippen LogP contribution in [0.15, 0.2) is 12.5 Å². The molecular weight excluding hydrogens is 306 g/mol. The Morgan fingerprint density at radius 2 is 2.25 bits per heavy atom. The van der Waals surface area contributed by atoms with E-state index < -0.39 is 0 Å². The first-order chi connectivity index (χ1) is 11.6. The van der Waals surface area contributed by atoms with Gasteiger partial charge < -0.3 is 10.6 Å². The summed E-state index contributed by atoms with van der Waals surface area (Å²) in [6, 6.07) is -0.127. The second-order valence-electron chi connectivity index (χ2n) is 6.63. The molecule has 0 saturated carbocycles. The number of fused-ring (bicyclic) bond motifs is 1. The van der Waals surface area contributed by atoms with Gasteiger partial charge in [-0.05, 0) is 18.8 Å². The Kier molecular flexibility index (Phi) is 4.82. The van der Waals surface area contributed by atoms with E-state index in [1.807, 2.05) is 9.36 Å². The van der Waals surface area contributed by atoms with Crippen LogP contribution in [-0.2, 0) is 25.9 Å². The highest BCUT2D eigenvalue weighted by atomic mass is 16.2. The van der Waals surface area contributed by atoms with Crippen molar-refractivity contribution in [1.82, 2.24) is 29.9 Å². The van der Waals surface area contributed by atoms with Gasteiger partial charge in [-0.15, -0.1) is 0 Å². The van der Waals surface area contributed by atoms with Crippen LogP contribution in [0.5, 0.6) is 0 Å². The smallest absolute Gasteiger partial charge is 0.319 e. The molecule has 8 heteroatoms. The van der Waals surface area contributed by atoms with Crippen LogP contribution in [0, 0.1) is 5.92 Å². The molecule has 0 bridgehead atoms. The Morgan fingerprint density at radius 1 is 1.42 bits per heavy atom. The molecule has 2 amide bonds. The summed E-state index contributed by atoms with van der Waals surface area (Å²) < 4.78 is 3.83. The summed E-state index contributed by atoms with van der Waals surface area (Å²) >= 11 is 0. The summed E-state index contributed by atoms with van der Waals surface area (Å²) in [5.74, 6) is 1.49. The van der Waals surface area contributed by atoms with E-state index in [2.05, 4.69) is 46.6 Å². The highest BCUT2D eigenvalue weighted by molar-refractivity contribution is 5.89. The number of anilines is 1. The molecule has 1 atom stereocenters. The summed E-state index contributed by atoms with van der Waals surface area (Å²) in [5, 5.41) is 14.5. The lowest BCUT2D eigenvalue weighted by Crippen LogP contribution is -2.43. The third-order valence-electron chi connectivity index (χ3n) is 4.21. The number of aromatic nitrogens is 5. The summed E-state index contributed by atoms with van der Waals surface area (Å²) in [4.78, 5) is 16.5. The summed E-state index contributed by atoms with van der Waals surface area (Å²) in [6.07, 6.45) is 5.83. The molecule has 0 saturated heterocycles. The number of hydrogen-bond acceptors (Lipinski definition) is 4. The molecule has 130 valence electrons. The lowest BCUT2D eigenvalue weighted by Gasteiger charge is -2.23. The maximum Gasteiger partial charge on any atom is 0.319 e. The highest BCUT2D eigenvalue weighted by Crippen LogP contribution is 2.17. The number of urea groups is 1. The number of carbonyl (C=O) groups is 1. The van der Waals surface area contributed by atoms with Crippen LogP contribution < -0.4 is 10.6 Å². The minimum Gasteiger partial charge on any atom is -0.333 e. The lowest BCUT2D eigenvalue weighted by molar-refractivity contribution is 0.243. The number of rotatable bonds is 5. The average molecular weight is 331 g/mol. The number of amides is 2. The number of carbonyl (C=O) groups excluding carboxylic acids is 1. The van der Waals surface area contributed by atoms with E-state index in [0.29, 0.717) is 12.5 Å². The summed E-state index contributed by atoms with van der Waals surface area (Å²) in [6.45, 7) is 7.90. The van der Waals surface area contributed by atoms with E-state index >= 15 is 0 Å². The first-order valence-corrected chi connectivity index (χ1v) is 8.55. The summed E-state index contributed by atoms with van der Waals surface area (Å²) in [5.41, 5.74) is 1.84. The predicted octanol–water partition coefficient (Wildman–Crippen LogP) is 1.83. The molecule has 8 nitrogen and oxygen atoms in total. The van der Waals surface area contributed by atoms with Gasteiger partial charge in [0.1, 0.15) is 12.2 Å². The Morgan fingerprint density at radius 3 is 3.00 bits per heavy atom. The molecule has 3 rings (SSSR count). The zero-order valence-electron chi connectivity index (χ0n) is 14.5. The van der Waals surface area contributed by atoms with Crippen molar-refractivity contribution in [2.75, 3.05) is 5.32 Å². The fourth-order valence-corrected chi connectivity index (χ4v) is 3.09. The van der Waals surface area contributed by atoms with Gasteiger partial charge in [0.2, 0.25) is 0 Å². The van der Waals surface area contributed by atoms with Gasteiger partial charge in [0.05, 0.1) is 30.2 Å². The molecule has 2 aromatic heterocycles. The normalized spacial score (nSPS) is 16.9. The van der Waals surface area contributed by atoms with E-state index in [4.69, 9.17) is 0 Å². The molecule has 1 aliphatic heterocycles. The zero-order chi connectivity index (χ0) is 17.1. The fourth-order valence-electron chi connectivity index (χ4n) is 3.09. The average Bonchev–Trinajstić information content (AvgIpc) is 3.13. The number of aryl methyl sites for hydroxylation is 1. The Bertz CT molecular complexity index is 703. The molecule has 0 aliphatic carbocycles. The van der Waals surface area contributed by atoms with Gasteiger partial charge in [0.15, 0.2) is 0 Å². The predicted molar refractivity (Wildman–Crippen MR) is 90.7 cm³/mol. The molecule has 1 aliphatic rings. The third-order valence-corrected chi connectivity index (χ3v) is 4.21. The molecule has 0 unspecified atom stereocenters. The quantitative estimate of drug-likeness (QED) is 0.874. The van der Waals surface area contributed by atoms with E-state index in [1.54, 1.807) is 12.5 Å². The van der Waals surface area contributed by atoms with Crippen molar-refractivity contribution in [3.05, 3.63) is 24.0 Å². The van der Waals surface area contributed by atoms with E-state index in [-0.39, 0.29) is 12.1 Å². The van der Waals surface area contributed by atoms with Gasteiger partial charge in [-0.2, -0.15) is 10.2 Å². The monoisotopic (exact) mass is 331 g/mol. The Labute approximate surface area is 141 Å². The van der Waals surface area contributed by atoms with Crippen LogP contribution in [0.25, 0.3) is 0 Å². The van der Waals surface area contributed by atoms with Crippen LogP contribution in [-0.4, -0.2) is 36.6 Å². The molecule has 3 heterocycles. The molecular formula is C16H25N7O. The van der Waals surface area contributed by atoms with Crippen LogP contribution in [0.1, 0.15) is 38.7 Å². The van der Waals surface area contributed by atoms with Gasteiger partial charge in [-0.1, -0.05) is 20.8 Å². The first kappa shape index (κ1) is 16.5. The van der Waals surface area contributed by atoms with Crippen molar-refractivity contribution in [1.29, 1.82) is 0 Å². The Balaban J connectivity index is 1.60.